The van der Waals surface area contributed by atoms with Crippen molar-refractivity contribution in [1.29, 1.82) is 0 Å². The Morgan fingerprint density at radius 2 is 0.982 bits per heavy atom. The summed E-state index contributed by atoms with van der Waals surface area (Å²) in [5.74, 6) is 0.988. The fourth-order valence-corrected chi connectivity index (χ4v) is 16.7. The molecule has 6 amide bonds. The molecule has 0 bridgehead atoms. The van der Waals surface area contributed by atoms with Crippen molar-refractivity contribution in [3.05, 3.63) is 180 Å². The predicted molar refractivity (Wildman–Crippen MR) is 420 cm³/mol. The minimum absolute atomic E-state index is 0.0829. The van der Waals surface area contributed by atoms with Crippen molar-refractivity contribution < 1.29 is 43.5 Å². The molecule has 4 aliphatic rings. The maximum atomic E-state index is 13.3. The maximum Gasteiger partial charge on any atom is 0.303 e. The monoisotopic (exact) mass is 1550 g/mol. The van der Waals surface area contributed by atoms with Gasteiger partial charge in [0, 0.05) is 92.9 Å². The van der Waals surface area contributed by atoms with Crippen molar-refractivity contribution in [2.45, 2.75) is 188 Å². The number of aliphatic carboxylic acids is 1. The number of carboxylic acids is 1. The summed E-state index contributed by atoms with van der Waals surface area (Å²) >= 11 is 15.8. The highest BCUT2D eigenvalue weighted by atomic mass is 35.5. The van der Waals surface area contributed by atoms with E-state index in [9.17, 15) is 38.4 Å². The van der Waals surface area contributed by atoms with E-state index in [0.29, 0.717) is 79.0 Å². The molecule has 568 valence electrons. The number of carbonyl (C=O) groups is 8. The molecular weight excluding hydrogens is 1470 g/mol. The number of Topliss-reactive ketones (excluding diaryl/α,β-unsaturated/α-hetero) is 1. The van der Waals surface area contributed by atoms with Crippen LogP contribution in [0.4, 0.5) is 5.69 Å². The summed E-state index contributed by atoms with van der Waals surface area (Å²) in [6.07, 6.45) is 15.0. The highest BCUT2D eigenvalue weighted by Crippen LogP contribution is 2.42. The number of rotatable bonds is 26. The lowest BCUT2D eigenvalue weighted by Crippen LogP contribution is -2.41. The Kier molecular flexibility index (Phi) is 25.3. The lowest BCUT2D eigenvalue weighted by molar-refractivity contribution is -0.138. The zero-order valence-electron chi connectivity index (χ0n) is 61.6. The summed E-state index contributed by atoms with van der Waals surface area (Å²) in [5.41, 5.74) is 18.3. The highest BCUT2D eigenvalue weighted by molar-refractivity contribution is 7.15. The Labute approximate surface area is 647 Å². The molecule has 0 aliphatic carbocycles. The molecule has 10 aromatic rings. The van der Waals surface area contributed by atoms with Crippen LogP contribution in [0.2, 0.25) is 10.0 Å². The fraction of sp³-hybridized carbons (Fsp3) is 0.392. The third-order valence-electron chi connectivity index (χ3n) is 20.0. The molecule has 0 spiro atoms. The number of halogens is 2. The van der Waals surface area contributed by atoms with Gasteiger partial charge in [0.1, 0.15) is 51.6 Å². The standard InChI is InChI=1S/C40H43ClN8O4S.C27H32ClN5O3S.C12H12N4O2/c1-23-24(2)54-40-36(23)37(27-11-13-28(41)14-12-27)44-31(38-47-46-25(3)49(38)40)21-35(52)42-18-8-6-4-5-7-9-29(50)19-26-10-15-30-33(20-26)48(22-43-30)32-16-17-34(51)45-39(32)53;1-16-17(2)37-27-24(16)25(19-10-12-20(28)13-11-19)30-21(26-32-31-18(3)33(26)27)15-22(34)29-14-8-6-4-5-7-9-23(35)36;13-7-1-2-8-10(5-7)16(6-14-8)9-3-4-11(17)15-12(9)18/h10-15,20,22,31-32H,4-9,16-19,21H2,1-3H3,(H,42,52)(H,45,51,53);10-13,21H,4-9,14-15H2,1-3H3,(H,29,34)(H,35,36);1-2,5-6,9H,3-4,13H2,(H,15,17,18)/t31-,32?;21-;/m00./s1. The summed E-state index contributed by atoms with van der Waals surface area (Å²) in [5, 5.41) is 40.6. The minimum atomic E-state index is -0.751. The zero-order chi connectivity index (χ0) is 77.2. The predicted octanol–water partition coefficient (Wildman–Crippen LogP) is 13.1. The van der Waals surface area contributed by atoms with E-state index < -0.39 is 30.1 Å². The number of carbonyl (C=O) groups excluding carboxylic acids is 7. The number of anilines is 1. The summed E-state index contributed by atoms with van der Waals surface area (Å²) in [6.45, 7) is 13.4. The van der Waals surface area contributed by atoms with Crippen molar-refractivity contribution in [1.82, 2.24) is 69.9 Å². The number of imidazole rings is 2. The Balaban J connectivity index is 0.000000172. The van der Waals surface area contributed by atoms with Crippen LogP contribution in [0.15, 0.2) is 108 Å². The number of benzene rings is 4. The molecular formula is C79H87Cl2N17O9S2. The van der Waals surface area contributed by atoms with Crippen LogP contribution in [-0.2, 0) is 44.8 Å². The van der Waals surface area contributed by atoms with Gasteiger partial charge in [0.05, 0.1) is 59.0 Å². The number of aryl methyl sites for hydroxylation is 4. The van der Waals surface area contributed by atoms with Crippen LogP contribution in [0.25, 0.3) is 32.1 Å². The van der Waals surface area contributed by atoms with Gasteiger partial charge in [-0.3, -0.25) is 68.1 Å². The van der Waals surface area contributed by atoms with E-state index >= 15 is 0 Å². The van der Waals surface area contributed by atoms with Crippen molar-refractivity contribution in [2.75, 3.05) is 18.8 Å². The van der Waals surface area contributed by atoms with E-state index in [0.717, 1.165) is 152 Å². The Morgan fingerprint density at radius 3 is 1.44 bits per heavy atom. The first-order chi connectivity index (χ1) is 52.5. The molecule has 6 aromatic heterocycles. The van der Waals surface area contributed by atoms with Gasteiger partial charge in [-0.05, 0) is 151 Å². The molecule has 4 aromatic carbocycles. The number of aliphatic imine (C=N–C) groups is 2. The van der Waals surface area contributed by atoms with E-state index in [1.54, 1.807) is 56.6 Å². The van der Waals surface area contributed by atoms with Gasteiger partial charge in [-0.2, -0.15) is 0 Å². The number of hydrogen-bond acceptors (Lipinski definition) is 19. The molecule has 14 rings (SSSR count). The van der Waals surface area contributed by atoms with Crippen LogP contribution >= 0.6 is 45.9 Å². The molecule has 30 heteroatoms. The number of hydrogen-bond donors (Lipinski definition) is 6. The van der Waals surface area contributed by atoms with Gasteiger partial charge in [0.25, 0.3) is 0 Å². The first kappa shape index (κ1) is 78.2. The molecule has 2 unspecified atom stereocenters. The Hall–Kier alpha value is -10.4. The normalized spacial score (nSPS) is 16.6. The second-order valence-corrected chi connectivity index (χ2v) is 31.2. The Morgan fingerprint density at radius 1 is 0.550 bits per heavy atom. The van der Waals surface area contributed by atoms with Crippen LogP contribution in [0.1, 0.15) is 212 Å². The quantitative estimate of drug-likeness (QED) is 0.0167. The van der Waals surface area contributed by atoms with E-state index in [1.807, 2.05) is 95.8 Å². The highest BCUT2D eigenvalue weighted by Gasteiger charge is 2.36. The van der Waals surface area contributed by atoms with Crippen molar-refractivity contribution >= 4 is 132 Å². The molecule has 7 N–H and O–H groups in total. The van der Waals surface area contributed by atoms with Crippen LogP contribution in [0.5, 0.6) is 0 Å². The first-order valence-corrected chi connectivity index (χ1v) is 39.2. The number of imide groups is 2. The third-order valence-corrected chi connectivity index (χ3v) is 22.9. The number of fused-ring (bicyclic) bond motifs is 8. The molecule has 4 atom stereocenters. The number of piperidine rings is 2. The molecule has 2 saturated heterocycles. The number of nitrogen functional groups attached to an aromatic ring is 1. The van der Waals surface area contributed by atoms with Crippen molar-refractivity contribution in [2.24, 2.45) is 9.98 Å². The third kappa shape index (κ3) is 18.5. The lowest BCUT2D eigenvalue weighted by atomic mass is 9.99. The van der Waals surface area contributed by atoms with Gasteiger partial charge in [0.2, 0.25) is 35.4 Å². The smallest absolute Gasteiger partial charge is 0.303 e. The van der Waals surface area contributed by atoms with Gasteiger partial charge in [-0.15, -0.1) is 43.1 Å². The summed E-state index contributed by atoms with van der Waals surface area (Å²) in [7, 11) is 0. The molecule has 4 aliphatic heterocycles. The molecule has 109 heavy (non-hydrogen) atoms. The van der Waals surface area contributed by atoms with Gasteiger partial charge in [0.15, 0.2) is 11.6 Å². The van der Waals surface area contributed by atoms with Crippen molar-refractivity contribution in [3.8, 4) is 10.0 Å². The molecule has 0 radical (unpaired) electrons. The van der Waals surface area contributed by atoms with Crippen LogP contribution in [0, 0.1) is 41.5 Å². The SMILES string of the molecule is Cc1sc2c(c1C)C(c1ccc(Cl)cc1)=N[C@@H](CC(=O)NCCCCCCCC(=O)Cc1ccc3ncn(C4CCC(=O)NC4=O)c3c1)c1nnc(C)n1-2.Cc1sc2c(c1C)C(c1ccc(Cl)cc1)=N[C@@H](CC(=O)NCCCCCCCC(=O)O)c1nnc(C)n1-2.Nc1ccc2ncn(C3CCC(=O)NC3=O)c2c1. The van der Waals surface area contributed by atoms with Crippen molar-refractivity contribution in [3.63, 3.8) is 0 Å². The minimum Gasteiger partial charge on any atom is -0.481 e. The van der Waals surface area contributed by atoms with Gasteiger partial charge >= 0.3 is 5.97 Å². The number of ketones is 1. The number of thiophene rings is 2. The topological polar surface area (TPSA) is 353 Å². The summed E-state index contributed by atoms with van der Waals surface area (Å²) < 4.78 is 7.66. The summed E-state index contributed by atoms with van der Waals surface area (Å²) in [4.78, 5) is 118. The van der Waals surface area contributed by atoms with E-state index in [1.165, 1.54) is 9.75 Å². The number of carboxylic acid groups (broad SMARTS) is 1. The van der Waals surface area contributed by atoms with Gasteiger partial charge in [-0.1, -0.05) is 92.1 Å². The summed E-state index contributed by atoms with van der Waals surface area (Å²) in [6, 6.07) is 24.5. The van der Waals surface area contributed by atoms with Crippen LogP contribution in [-0.4, -0.2) is 125 Å². The number of nitrogens with one attached hydrogen (secondary N) is 4. The van der Waals surface area contributed by atoms with Gasteiger partial charge in [-0.25, -0.2) is 9.97 Å². The van der Waals surface area contributed by atoms with E-state index in [4.69, 9.17) is 44.0 Å². The molecule has 26 nitrogen and oxygen atoms in total. The van der Waals surface area contributed by atoms with Crippen LogP contribution in [0.3, 0.4) is 0 Å². The number of amides is 6. The number of unbranched alkanes of at least 4 members (excludes halogenated alkanes) is 8. The van der Waals surface area contributed by atoms with E-state index in [2.05, 4.69) is 79.3 Å². The number of aromatic nitrogens is 10. The lowest BCUT2D eigenvalue weighted by Gasteiger charge is -2.22. The number of nitrogens with two attached hydrogens (primary N) is 1. The second-order valence-electron chi connectivity index (χ2n) is 27.9. The number of nitrogens with zero attached hydrogens (tertiary/aromatic N) is 12. The first-order valence-electron chi connectivity index (χ1n) is 36.8. The Bertz CT molecular complexity index is 5160. The second kappa shape index (κ2) is 35.3. The molecule has 10 heterocycles. The maximum absolute atomic E-state index is 13.3. The largest absolute Gasteiger partial charge is 0.481 e. The fourth-order valence-electron chi connectivity index (χ4n) is 14.1. The average Bonchev–Trinajstić information content (AvgIpc) is 1.60. The molecule has 2 fully saturated rings. The van der Waals surface area contributed by atoms with E-state index in [-0.39, 0.29) is 66.9 Å². The zero-order valence-corrected chi connectivity index (χ0v) is 64.8. The molecule has 0 saturated carbocycles. The van der Waals surface area contributed by atoms with Crippen LogP contribution < -0.4 is 27.0 Å². The van der Waals surface area contributed by atoms with Gasteiger partial charge < -0.3 is 30.6 Å². The average molecular weight is 1550 g/mol.